The molecule has 0 saturated carbocycles. The van der Waals surface area contributed by atoms with E-state index >= 15 is 0 Å². The molecule has 0 heterocycles. The highest BCUT2D eigenvalue weighted by molar-refractivity contribution is 7.40. The Labute approximate surface area is 340 Å². The van der Waals surface area contributed by atoms with Crippen molar-refractivity contribution < 1.29 is 65.0 Å². The van der Waals surface area contributed by atoms with Crippen LogP contribution in [-0.2, 0) is 33.2 Å². The normalized spacial score (nSPS) is 13.1. The average molecular weight is 822 g/mol. The monoisotopic (exact) mass is 822 g/mol. The van der Waals surface area contributed by atoms with Gasteiger partial charge in [-0.1, -0.05) is 98.3 Å². The molecule has 0 radical (unpaired) electrons. The summed E-state index contributed by atoms with van der Waals surface area (Å²) in [4.78, 5) is 60.3. The molecule has 0 bridgehead atoms. The molecule has 0 spiro atoms. The van der Waals surface area contributed by atoms with Gasteiger partial charge in [-0.2, -0.15) is 7.82 Å². The second-order valence-electron chi connectivity index (χ2n) is 17.0. The number of esters is 3. The van der Waals surface area contributed by atoms with Crippen LogP contribution in [0.3, 0.4) is 0 Å². The van der Waals surface area contributed by atoms with Gasteiger partial charge in [-0.3, -0.25) is 0 Å². The van der Waals surface area contributed by atoms with Crippen LogP contribution < -0.4 is 31.9 Å². The van der Waals surface area contributed by atoms with E-state index in [9.17, 15) is 14.4 Å². The van der Waals surface area contributed by atoms with Crippen molar-refractivity contribution in [2.75, 3.05) is 0 Å². The molecule has 14 heteroatoms. The maximum Gasteiger partial charge on any atom is 0.333 e. The molecule has 0 aromatic rings. The number of ether oxygens (including phenoxy) is 3. The van der Waals surface area contributed by atoms with Gasteiger partial charge in [0.15, 0.2) is 18.3 Å². The van der Waals surface area contributed by atoms with Crippen molar-refractivity contribution in [3.63, 3.8) is 0 Å². The molecule has 0 amide bonds. The summed E-state index contributed by atoms with van der Waals surface area (Å²) in [6.45, 7) is 34.4. The Morgan fingerprint density at radius 2 is 0.679 bits per heavy atom. The summed E-state index contributed by atoms with van der Waals surface area (Å²) in [7, 11) is -5.39. The summed E-state index contributed by atoms with van der Waals surface area (Å²) in [6, 6.07) is 0. The van der Waals surface area contributed by atoms with Crippen LogP contribution in [0.15, 0.2) is 36.5 Å². The first-order valence-corrected chi connectivity index (χ1v) is 21.7. The predicted octanol–water partition coefficient (Wildman–Crippen LogP) is 4.57. The number of rotatable bonds is 24. The molecule has 0 aromatic carbocycles. The number of hydrogen-bond acceptors (Lipinski definition) is 10. The maximum absolute atomic E-state index is 11.5. The number of quaternary nitrogens is 3. The fraction of sp³-hybridized carbons (Fsp3) is 0.786. The van der Waals surface area contributed by atoms with Gasteiger partial charge in [0.05, 0.1) is 0 Å². The first kappa shape index (κ1) is 60.3. The second kappa shape index (κ2) is 31.6. The average Bonchev–Trinajstić information content (AvgIpc) is 3.03. The van der Waals surface area contributed by atoms with Gasteiger partial charge >= 0.3 is 17.9 Å². The number of carbonyl (C=O) groups excluding carboxylic acids is 3. The number of unbranched alkanes of at least 4 members (excludes halogenated alkanes) is 9. The highest BCUT2D eigenvalue weighted by atomic mass is 31.2. The first-order chi connectivity index (χ1) is 25.4. The van der Waals surface area contributed by atoms with E-state index in [1.165, 1.54) is 57.8 Å². The lowest BCUT2D eigenvalue weighted by molar-refractivity contribution is -0.484. The van der Waals surface area contributed by atoms with Crippen molar-refractivity contribution in [3.8, 4) is 0 Å². The lowest BCUT2D eigenvalue weighted by Crippen LogP contribution is -2.75. The summed E-state index contributed by atoms with van der Waals surface area (Å²) in [5, 5.41) is 0. The predicted molar refractivity (Wildman–Crippen MR) is 219 cm³/mol. The summed E-state index contributed by atoms with van der Waals surface area (Å²) in [5.74, 6) is -0.911. The van der Waals surface area contributed by atoms with Gasteiger partial charge < -0.3 is 50.7 Å². The van der Waals surface area contributed by atoms with Crippen LogP contribution in [0.25, 0.3) is 0 Å². The molecule has 56 heavy (non-hydrogen) atoms. The minimum atomic E-state index is -5.39. The summed E-state index contributed by atoms with van der Waals surface area (Å²) in [6.07, 6.45) is 16.4. The van der Waals surface area contributed by atoms with Crippen molar-refractivity contribution in [2.45, 2.75) is 214 Å². The van der Waals surface area contributed by atoms with Gasteiger partial charge in [-0.05, 0) is 101 Å². The van der Waals surface area contributed by atoms with E-state index in [0.717, 1.165) is 38.5 Å². The molecule has 0 aliphatic heterocycles. The van der Waals surface area contributed by atoms with E-state index in [2.05, 4.69) is 57.7 Å². The lowest BCUT2D eigenvalue weighted by atomic mass is 9.93. The van der Waals surface area contributed by atoms with E-state index in [4.69, 9.17) is 33.5 Å². The van der Waals surface area contributed by atoms with Gasteiger partial charge in [-0.15, -0.1) is 0 Å². The zero-order chi connectivity index (χ0) is 44.9. The van der Waals surface area contributed by atoms with Gasteiger partial charge in [0, 0.05) is 16.7 Å². The molecule has 3 atom stereocenters. The summed E-state index contributed by atoms with van der Waals surface area (Å²) < 4.78 is 24.9. The third-order valence-corrected chi connectivity index (χ3v) is 8.37. The zero-order valence-corrected chi connectivity index (χ0v) is 38.5. The molecule has 3 unspecified atom stereocenters. The van der Waals surface area contributed by atoms with Crippen LogP contribution in [0.1, 0.15) is 179 Å². The maximum atomic E-state index is 11.5. The third kappa shape index (κ3) is 39.8. The largest absolute Gasteiger partial charge is 0.822 e. The summed E-state index contributed by atoms with van der Waals surface area (Å²) >= 11 is 0. The lowest BCUT2D eigenvalue weighted by Gasteiger charge is -2.36. The molecule has 0 saturated heterocycles. The molecule has 0 fully saturated rings. The Balaban J connectivity index is -0.000000340. The van der Waals surface area contributed by atoms with Crippen LogP contribution in [0.2, 0.25) is 0 Å². The molecule has 0 rings (SSSR count). The smallest absolute Gasteiger partial charge is 0.333 e. The Morgan fingerprint density at radius 1 is 0.500 bits per heavy atom. The van der Waals surface area contributed by atoms with E-state index in [1.54, 1.807) is 20.8 Å². The molecular formula is C42H84N3O10P. The quantitative estimate of drug-likeness (QED) is 0.0402. The van der Waals surface area contributed by atoms with Gasteiger partial charge in [0.2, 0.25) is 0 Å². The second-order valence-corrected chi connectivity index (χ2v) is 17.9. The fourth-order valence-corrected chi connectivity index (χ4v) is 4.79. The highest BCUT2D eigenvalue weighted by Gasteiger charge is 2.34. The van der Waals surface area contributed by atoms with Crippen molar-refractivity contribution in [3.05, 3.63) is 36.5 Å². The Kier molecular flexibility index (Phi) is 34.0. The van der Waals surface area contributed by atoms with Crippen LogP contribution in [0.5, 0.6) is 0 Å². The molecule has 332 valence electrons. The molecule has 0 aromatic heterocycles. The summed E-state index contributed by atoms with van der Waals surface area (Å²) in [5.41, 5.74) is 12.8. The Hall–Kier alpha value is -2.38. The standard InChI is InChI=1S/3C14H27NO2.H3O4P/c3*1-6-7-8-9-10-12(14(4,5)15)17-13(16)11(2)3;1-5(2,3)4/h3*12H,2,6-10,15H2,1,3-5H3;(H3,1,2,3,4). The van der Waals surface area contributed by atoms with Crippen molar-refractivity contribution in [1.82, 2.24) is 0 Å². The highest BCUT2D eigenvalue weighted by Crippen LogP contribution is 2.20. The van der Waals surface area contributed by atoms with E-state index < -0.39 is 7.82 Å². The van der Waals surface area contributed by atoms with E-state index in [-0.39, 0.29) is 52.8 Å². The van der Waals surface area contributed by atoms with Gasteiger partial charge in [0.1, 0.15) is 16.6 Å². The number of carbonyl (C=O) groups is 3. The minimum Gasteiger partial charge on any atom is -0.822 e. The van der Waals surface area contributed by atoms with Crippen LogP contribution in [0.4, 0.5) is 0 Å². The van der Waals surface area contributed by atoms with Crippen LogP contribution >= 0.6 is 7.82 Å². The van der Waals surface area contributed by atoms with Crippen LogP contribution in [0, 0.1) is 0 Å². The third-order valence-electron chi connectivity index (χ3n) is 8.37. The van der Waals surface area contributed by atoms with Crippen LogP contribution in [-0.4, -0.2) is 52.8 Å². The van der Waals surface area contributed by atoms with E-state index in [1.807, 2.05) is 41.5 Å². The van der Waals surface area contributed by atoms with Gasteiger partial charge in [-0.25, -0.2) is 14.4 Å². The van der Waals surface area contributed by atoms with E-state index in [0.29, 0.717) is 16.7 Å². The Morgan fingerprint density at radius 3 is 0.804 bits per heavy atom. The first-order valence-electron chi connectivity index (χ1n) is 20.2. The minimum absolute atomic E-state index is 0.122. The van der Waals surface area contributed by atoms with Crippen molar-refractivity contribution in [2.24, 2.45) is 0 Å². The molecule has 13 nitrogen and oxygen atoms in total. The molecule has 0 aliphatic carbocycles. The molecular weight excluding hydrogens is 737 g/mol. The fourth-order valence-electron chi connectivity index (χ4n) is 4.79. The zero-order valence-electron chi connectivity index (χ0n) is 37.6. The number of hydrogen-bond donors (Lipinski definition) is 3. The van der Waals surface area contributed by atoms with Crippen molar-refractivity contribution in [1.29, 1.82) is 0 Å². The molecule has 9 N–H and O–H groups in total. The van der Waals surface area contributed by atoms with Gasteiger partial charge in [0.25, 0.3) is 0 Å². The van der Waals surface area contributed by atoms with Crippen molar-refractivity contribution >= 4 is 25.7 Å². The SMILES string of the molecule is C=C(C)C(=O)OC(CCCCCC)C(C)(C)[NH3+].C=C(C)C(=O)OC(CCCCCC)C(C)(C)[NH3+].C=C(C)C(=O)OC(CCCCCC)C(C)(C)[NH3+].O=P([O-])([O-])[O-]. The molecule has 0 aliphatic rings. The number of phosphoric acid groups is 1. The topological polar surface area (TPSA) is 248 Å². The Bertz CT molecular complexity index is 1040.